The predicted octanol–water partition coefficient (Wildman–Crippen LogP) is 4.99. The molecule has 36 heavy (non-hydrogen) atoms. The summed E-state index contributed by atoms with van der Waals surface area (Å²) in [7, 11) is 1.51. The number of esters is 1. The van der Waals surface area contributed by atoms with Crippen LogP contribution < -0.4 is 14.8 Å². The maximum Gasteiger partial charge on any atom is 0.339 e. The molecule has 1 heterocycles. The highest BCUT2D eigenvalue weighted by molar-refractivity contribution is 8.18. The lowest BCUT2D eigenvalue weighted by atomic mass is 10.2. The Morgan fingerprint density at radius 1 is 1.11 bits per heavy atom. The van der Waals surface area contributed by atoms with Gasteiger partial charge in [-0.25, -0.2) is 4.79 Å². The normalized spacial score (nSPS) is 14.2. The van der Waals surface area contributed by atoms with Crippen molar-refractivity contribution in [2.45, 2.75) is 20.3 Å². The molecule has 0 unspecified atom stereocenters. The number of anilines is 1. The molecule has 1 saturated heterocycles. The number of imide groups is 1. The highest BCUT2D eigenvalue weighted by Crippen LogP contribution is 2.34. The van der Waals surface area contributed by atoms with Gasteiger partial charge in [-0.1, -0.05) is 24.6 Å². The van der Waals surface area contributed by atoms with Crippen molar-refractivity contribution >= 4 is 58.1 Å². The molecular formula is C25H25ClN2O7S. The van der Waals surface area contributed by atoms with Crippen molar-refractivity contribution in [3.05, 3.63) is 57.5 Å². The standard InChI is InChI=1S/C25H25ClN2O7S/c1-4-10-35-24(31)17-13-16(7-8-18(17)26)27-22(29)14-28-23(30)21(36-25(28)32)12-15-6-9-19(34-5-2)20(11-15)33-3/h6-9,11-13H,4-5,10,14H2,1-3H3,(H,27,29)/b21-12+. The lowest BCUT2D eigenvalue weighted by molar-refractivity contribution is -0.127. The molecule has 2 aromatic carbocycles. The van der Waals surface area contributed by atoms with Crippen molar-refractivity contribution in [1.29, 1.82) is 0 Å². The van der Waals surface area contributed by atoms with Crippen LogP contribution in [-0.2, 0) is 14.3 Å². The van der Waals surface area contributed by atoms with Crippen LogP contribution in [0.25, 0.3) is 6.08 Å². The summed E-state index contributed by atoms with van der Waals surface area (Å²) in [5.74, 6) is -0.764. The molecule has 2 aromatic rings. The fraction of sp³-hybridized carbons (Fsp3) is 0.280. The van der Waals surface area contributed by atoms with E-state index in [2.05, 4.69) is 5.32 Å². The van der Waals surface area contributed by atoms with E-state index < -0.39 is 29.6 Å². The molecule has 0 bridgehead atoms. The highest BCUT2D eigenvalue weighted by atomic mass is 35.5. The van der Waals surface area contributed by atoms with Crippen molar-refractivity contribution in [3.8, 4) is 11.5 Å². The number of methoxy groups -OCH3 is 1. The number of nitrogens with one attached hydrogen (secondary N) is 1. The molecule has 1 aliphatic rings. The van der Waals surface area contributed by atoms with Crippen LogP contribution in [0.1, 0.15) is 36.2 Å². The first-order valence-corrected chi connectivity index (χ1v) is 12.3. The Morgan fingerprint density at radius 3 is 2.58 bits per heavy atom. The summed E-state index contributed by atoms with van der Waals surface area (Å²) < 4.78 is 15.9. The minimum atomic E-state index is -0.614. The lowest BCUT2D eigenvalue weighted by Gasteiger charge is -2.13. The van der Waals surface area contributed by atoms with Crippen LogP contribution in [0.3, 0.4) is 0 Å². The first kappa shape index (κ1) is 27.1. The molecule has 0 aliphatic carbocycles. The minimum Gasteiger partial charge on any atom is -0.493 e. The number of carbonyl (C=O) groups is 4. The van der Waals surface area contributed by atoms with Crippen molar-refractivity contribution in [1.82, 2.24) is 4.90 Å². The van der Waals surface area contributed by atoms with Gasteiger partial charge in [0.05, 0.1) is 35.8 Å². The summed E-state index contributed by atoms with van der Waals surface area (Å²) in [5, 5.41) is 2.18. The summed E-state index contributed by atoms with van der Waals surface area (Å²) >= 11 is 6.81. The Balaban J connectivity index is 1.69. The molecule has 190 valence electrons. The summed E-state index contributed by atoms with van der Waals surface area (Å²) in [5.41, 5.74) is 1.01. The largest absolute Gasteiger partial charge is 0.493 e. The average Bonchev–Trinajstić information content (AvgIpc) is 3.11. The van der Waals surface area contributed by atoms with Crippen molar-refractivity contribution in [3.63, 3.8) is 0 Å². The van der Waals surface area contributed by atoms with Crippen LogP contribution in [0, 0.1) is 0 Å². The molecule has 1 aliphatic heterocycles. The Bertz CT molecular complexity index is 1210. The first-order chi connectivity index (χ1) is 17.3. The Kier molecular flexibility index (Phi) is 9.38. The maximum atomic E-state index is 12.8. The van der Waals surface area contributed by atoms with E-state index in [0.29, 0.717) is 30.1 Å². The van der Waals surface area contributed by atoms with Gasteiger partial charge in [0, 0.05) is 5.69 Å². The maximum absolute atomic E-state index is 12.8. The number of nitrogens with zero attached hydrogens (tertiary/aromatic N) is 1. The van der Waals surface area contributed by atoms with Gasteiger partial charge >= 0.3 is 5.97 Å². The first-order valence-electron chi connectivity index (χ1n) is 11.1. The second-order valence-corrected chi connectivity index (χ2v) is 8.89. The van der Waals surface area contributed by atoms with E-state index >= 15 is 0 Å². The second-order valence-electron chi connectivity index (χ2n) is 7.49. The summed E-state index contributed by atoms with van der Waals surface area (Å²) in [6, 6.07) is 9.47. The number of hydrogen-bond acceptors (Lipinski definition) is 8. The van der Waals surface area contributed by atoms with E-state index in [4.69, 9.17) is 25.8 Å². The number of rotatable bonds is 10. The van der Waals surface area contributed by atoms with Crippen LogP contribution in [0.2, 0.25) is 5.02 Å². The average molecular weight is 533 g/mol. The van der Waals surface area contributed by atoms with Gasteiger partial charge in [-0.05, 0) is 67.1 Å². The molecule has 9 nitrogen and oxygen atoms in total. The van der Waals surface area contributed by atoms with E-state index in [0.717, 1.165) is 16.7 Å². The van der Waals surface area contributed by atoms with Crippen LogP contribution in [0.15, 0.2) is 41.3 Å². The SMILES string of the molecule is CCCOC(=O)c1cc(NC(=O)CN2C(=O)S/C(=C/c3ccc(OCC)c(OC)c3)C2=O)ccc1Cl. The van der Waals surface area contributed by atoms with Gasteiger partial charge in [0.25, 0.3) is 11.1 Å². The fourth-order valence-electron chi connectivity index (χ4n) is 3.21. The van der Waals surface area contributed by atoms with Crippen LogP contribution >= 0.6 is 23.4 Å². The molecule has 0 aromatic heterocycles. The molecule has 0 radical (unpaired) electrons. The van der Waals surface area contributed by atoms with Gasteiger partial charge in [-0.3, -0.25) is 19.3 Å². The highest BCUT2D eigenvalue weighted by Gasteiger charge is 2.36. The number of halogens is 1. The van der Waals surface area contributed by atoms with E-state index in [-0.39, 0.29) is 27.8 Å². The number of benzene rings is 2. The van der Waals surface area contributed by atoms with Crippen LogP contribution in [0.4, 0.5) is 10.5 Å². The van der Waals surface area contributed by atoms with Gasteiger partial charge in [0.2, 0.25) is 5.91 Å². The summed E-state index contributed by atoms with van der Waals surface area (Å²) in [4.78, 5) is 51.0. The second kappa shape index (κ2) is 12.5. The number of thioether (sulfide) groups is 1. The van der Waals surface area contributed by atoms with E-state index in [9.17, 15) is 19.2 Å². The molecule has 11 heteroatoms. The quantitative estimate of drug-likeness (QED) is 0.336. The third-order valence-corrected chi connectivity index (χ3v) is 6.10. The van der Waals surface area contributed by atoms with Crippen molar-refractivity contribution < 1.29 is 33.4 Å². The van der Waals surface area contributed by atoms with E-state index in [1.165, 1.54) is 25.3 Å². The van der Waals surface area contributed by atoms with Crippen LogP contribution in [-0.4, -0.2) is 54.8 Å². The summed E-state index contributed by atoms with van der Waals surface area (Å²) in [6.07, 6.45) is 2.20. The zero-order valence-corrected chi connectivity index (χ0v) is 21.5. The molecule has 0 saturated carbocycles. The third kappa shape index (κ3) is 6.58. The smallest absolute Gasteiger partial charge is 0.339 e. The van der Waals surface area contributed by atoms with Gasteiger partial charge in [0.1, 0.15) is 6.54 Å². The van der Waals surface area contributed by atoms with Gasteiger partial charge in [-0.2, -0.15) is 0 Å². The fourth-order valence-corrected chi connectivity index (χ4v) is 4.25. The van der Waals surface area contributed by atoms with E-state index in [1.807, 2.05) is 13.8 Å². The Morgan fingerprint density at radius 2 is 1.89 bits per heavy atom. The molecule has 0 spiro atoms. The van der Waals surface area contributed by atoms with E-state index in [1.54, 1.807) is 24.3 Å². The van der Waals surface area contributed by atoms with Gasteiger partial charge in [-0.15, -0.1) is 0 Å². The zero-order chi connectivity index (χ0) is 26.2. The summed E-state index contributed by atoms with van der Waals surface area (Å²) in [6.45, 7) is 3.93. The number of amides is 3. The van der Waals surface area contributed by atoms with Gasteiger partial charge in [0.15, 0.2) is 11.5 Å². The third-order valence-electron chi connectivity index (χ3n) is 4.87. The molecule has 3 rings (SSSR count). The number of ether oxygens (including phenoxy) is 3. The molecular weight excluding hydrogens is 508 g/mol. The number of hydrogen-bond donors (Lipinski definition) is 1. The van der Waals surface area contributed by atoms with Crippen molar-refractivity contribution in [2.24, 2.45) is 0 Å². The van der Waals surface area contributed by atoms with Crippen LogP contribution in [0.5, 0.6) is 11.5 Å². The lowest BCUT2D eigenvalue weighted by Crippen LogP contribution is -2.36. The predicted molar refractivity (Wildman–Crippen MR) is 137 cm³/mol. The molecule has 1 N–H and O–H groups in total. The van der Waals surface area contributed by atoms with Gasteiger partial charge < -0.3 is 19.5 Å². The van der Waals surface area contributed by atoms with Crippen molar-refractivity contribution in [2.75, 3.05) is 32.2 Å². The molecule has 1 fully saturated rings. The monoisotopic (exact) mass is 532 g/mol. The number of carbonyl (C=O) groups excluding carboxylic acids is 4. The Hall–Kier alpha value is -3.50. The minimum absolute atomic E-state index is 0.0998. The zero-order valence-electron chi connectivity index (χ0n) is 20.0. The topological polar surface area (TPSA) is 111 Å². The molecule has 3 amide bonds. The Labute approximate surface area is 217 Å². The molecule has 0 atom stereocenters.